The van der Waals surface area contributed by atoms with Crippen LogP contribution < -0.4 is 15.8 Å². The molecule has 1 heterocycles. The molecule has 0 fully saturated rings. The first-order valence-corrected chi connectivity index (χ1v) is 6.70. The van der Waals surface area contributed by atoms with Gasteiger partial charge in [-0.25, -0.2) is 4.79 Å². The van der Waals surface area contributed by atoms with E-state index < -0.39 is 5.76 Å². The van der Waals surface area contributed by atoms with Crippen molar-refractivity contribution in [3.8, 4) is 5.75 Å². The van der Waals surface area contributed by atoms with Gasteiger partial charge in [0.1, 0.15) is 5.75 Å². The van der Waals surface area contributed by atoms with E-state index in [1.807, 2.05) is 0 Å². The Morgan fingerprint density at radius 2 is 2.00 bits per heavy atom. The van der Waals surface area contributed by atoms with E-state index in [1.54, 1.807) is 49.6 Å². The summed E-state index contributed by atoms with van der Waals surface area (Å²) >= 11 is 0. The van der Waals surface area contributed by atoms with E-state index in [0.29, 0.717) is 29.0 Å². The Labute approximate surface area is 125 Å². The second kappa shape index (κ2) is 5.77. The third-order valence-electron chi connectivity index (χ3n) is 3.29. The van der Waals surface area contributed by atoms with Gasteiger partial charge >= 0.3 is 5.76 Å². The number of H-pyrrole nitrogens is 1. The zero-order chi connectivity index (χ0) is 15.5. The van der Waals surface area contributed by atoms with Crippen molar-refractivity contribution >= 4 is 17.0 Å². The summed E-state index contributed by atoms with van der Waals surface area (Å²) in [7, 11) is 1.57. The number of ether oxygens (including phenoxy) is 1. The summed E-state index contributed by atoms with van der Waals surface area (Å²) < 4.78 is 9.98. The minimum absolute atomic E-state index is 0.177. The average molecular weight is 298 g/mol. The Kier molecular flexibility index (Phi) is 3.65. The van der Waals surface area contributed by atoms with Crippen LogP contribution in [0.1, 0.15) is 15.9 Å². The monoisotopic (exact) mass is 298 g/mol. The predicted octanol–water partition coefficient (Wildman–Crippen LogP) is 2.06. The van der Waals surface area contributed by atoms with Crippen molar-refractivity contribution in [3.63, 3.8) is 0 Å². The third kappa shape index (κ3) is 2.85. The topological polar surface area (TPSA) is 84.3 Å². The second-order valence-electron chi connectivity index (χ2n) is 4.76. The van der Waals surface area contributed by atoms with Gasteiger partial charge in [0, 0.05) is 12.1 Å². The largest absolute Gasteiger partial charge is 0.497 e. The normalized spacial score (nSPS) is 10.6. The summed E-state index contributed by atoms with van der Waals surface area (Å²) in [4.78, 5) is 25.7. The highest BCUT2D eigenvalue weighted by atomic mass is 16.5. The quantitative estimate of drug-likeness (QED) is 0.772. The Morgan fingerprint density at radius 3 is 2.73 bits per heavy atom. The summed E-state index contributed by atoms with van der Waals surface area (Å²) in [5.74, 6) is 0.0313. The molecule has 0 saturated carbocycles. The highest BCUT2D eigenvalue weighted by molar-refractivity contribution is 5.94. The van der Waals surface area contributed by atoms with Gasteiger partial charge in [0.25, 0.3) is 5.91 Å². The van der Waals surface area contributed by atoms with Crippen LogP contribution in [0.5, 0.6) is 5.75 Å². The molecule has 3 rings (SSSR count). The lowest BCUT2D eigenvalue weighted by Crippen LogP contribution is -2.22. The van der Waals surface area contributed by atoms with E-state index in [9.17, 15) is 9.59 Å². The van der Waals surface area contributed by atoms with Crippen LogP contribution in [0, 0.1) is 0 Å². The molecule has 0 spiro atoms. The van der Waals surface area contributed by atoms with Crippen molar-refractivity contribution in [1.29, 1.82) is 0 Å². The standard InChI is InChI=1S/C16H14N2O4/c1-21-12-5-3-11(4-6-12)15(19)17-9-10-2-7-14-13(8-10)18-16(20)22-14/h2-8H,9H2,1H3,(H,17,19)(H,18,20). The molecule has 0 atom stereocenters. The molecular weight excluding hydrogens is 284 g/mol. The molecule has 2 aromatic carbocycles. The first kappa shape index (κ1) is 13.9. The second-order valence-corrected chi connectivity index (χ2v) is 4.76. The maximum Gasteiger partial charge on any atom is 0.417 e. The number of hydrogen-bond acceptors (Lipinski definition) is 4. The zero-order valence-electron chi connectivity index (χ0n) is 11.9. The number of aromatic amines is 1. The Hall–Kier alpha value is -3.02. The molecule has 0 saturated heterocycles. The van der Waals surface area contributed by atoms with E-state index in [0.717, 1.165) is 5.56 Å². The van der Waals surface area contributed by atoms with E-state index in [1.165, 1.54) is 0 Å². The number of fused-ring (bicyclic) bond motifs is 1. The minimum Gasteiger partial charge on any atom is -0.497 e. The molecule has 0 aliphatic carbocycles. The molecule has 0 bridgehead atoms. The average Bonchev–Trinajstić information content (AvgIpc) is 2.92. The highest BCUT2D eigenvalue weighted by Gasteiger charge is 2.07. The Balaban J connectivity index is 1.69. The summed E-state index contributed by atoms with van der Waals surface area (Å²) in [5, 5.41) is 2.82. The van der Waals surface area contributed by atoms with Gasteiger partial charge in [0.15, 0.2) is 5.58 Å². The predicted molar refractivity (Wildman–Crippen MR) is 81.0 cm³/mol. The molecule has 112 valence electrons. The lowest BCUT2D eigenvalue weighted by Gasteiger charge is -2.06. The van der Waals surface area contributed by atoms with Crippen LogP contribution in [0.2, 0.25) is 0 Å². The lowest BCUT2D eigenvalue weighted by molar-refractivity contribution is 0.0951. The maximum atomic E-state index is 12.1. The molecule has 1 amide bonds. The van der Waals surface area contributed by atoms with Crippen molar-refractivity contribution in [2.45, 2.75) is 6.54 Å². The van der Waals surface area contributed by atoms with Gasteiger partial charge in [-0.15, -0.1) is 0 Å². The van der Waals surface area contributed by atoms with Gasteiger partial charge in [-0.2, -0.15) is 0 Å². The summed E-state index contributed by atoms with van der Waals surface area (Å²) in [6, 6.07) is 12.1. The highest BCUT2D eigenvalue weighted by Crippen LogP contribution is 2.13. The summed E-state index contributed by atoms with van der Waals surface area (Å²) in [5.41, 5.74) is 2.53. The number of benzene rings is 2. The zero-order valence-corrected chi connectivity index (χ0v) is 11.9. The van der Waals surface area contributed by atoms with Crippen LogP contribution in [0.15, 0.2) is 51.7 Å². The van der Waals surface area contributed by atoms with Gasteiger partial charge in [-0.3, -0.25) is 9.78 Å². The molecule has 0 radical (unpaired) electrons. The van der Waals surface area contributed by atoms with Crippen LogP contribution in [-0.2, 0) is 6.54 Å². The number of nitrogens with one attached hydrogen (secondary N) is 2. The number of carbonyl (C=O) groups is 1. The van der Waals surface area contributed by atoms with E-state index in [-0.39, 0.29) is 5.91 Å². The number of hydrogen-bond donors (Lipinski definition) is 2. The Bertz CT molecular complexity index is 862. The lowest BCUT2D eigenvalue weighted by atomic mass is 10.1. The molecule has 1 aromatic heterocycles. The van der Waals surface area contributed by atoms with Gasteiger partial charge in [-0.1, -0.05) is 6.07 Å². The number of aromatic nitrogens is 1. The van der Waals surface area contributed by atoms with Crippen LogP contribution >= 0.6 is 0 Å². The van der Waals surface area contributed by atoms with Crippen LogP contribution in [0.3, 0.4) is 0 Å². The smallest absolute Gasteiger partial charge is 0.417 e. The van der Waals surface area contributed by atoms with E-state index in [4.69, 9.17) is 9.15 Å². The van der Waals surface area contributed by atoms with Crippen molar-refractivity contribution in [2.24, 2.45) is 0 Å². The third-order valence-corrected chi connectivity index (χ3v) is 3.29. The van der Waals surface area contributed by atoms with Gasteiger partial charge < -0.3 is 14.5 Å². The first-order chi connectivity index (χ1) is 10.7. The van der Waals surface area contributed by atoms with Crippen LogP contribution in [0.4, 0.5) is 0 Å². The molecule has 2 N–H and O–H groups in total. The number of carbonyl (C=O) groups excluding carboxylic acids is 1. The molecule has 0 aliphatic rings. The fourth-order valence-corrected chi connectivity index (χ4v) is 2.14. The maximum absolute atomic E-state index is 12.1. The van der Waals surface area contributed by atoms with Crippen LogP contribution in [0.25, 0.3) is 11.1 Å². The molecule has 6 nitrogen and oxygen atoms in total. The molecule has 22 heavy (non-hydrogen) atoms. The van der Waals surface area contributed by atoms with Crippen molar-refractivity contribution in [2.75, 3.05) is 7.11 Å². The fraction of sp³-hybridized carbons (Fsp3) is 0.125. The summed E-state index contributed by atoms with van der Waals surface area (Å²) in [6.07, 6.45) is 0. The number of amides is 1. The van der Waals surface area contributed by atoms with Crippen LogP contribution in [-0.4, -0.2) is 18.0 Å². The molecule has 0 aliphatic heterocycles. The number of methoxy groups -OCH3 is 1. The van der Waals surface area contributed by atoms with E-state index in [2.05, 4.69) is 10.3 Å². The van der Waals surface area contributed by atoms with Gasteiger partial charge in [0.05, 0.1) is 12.6 Å². The number of rotatable bonds is 4. The van der Waals surface area contributed by atoms with Crippen molar-refractivity contribution in [3.05, 3.63) is 64.1 Å². The Morgan fingerprint density at radius 1 is 1.23 bits per heavy atom. The molecule has 6 heteroatoms. The van der Waals surface area contributed by atoms with E-state index >= 15 is 0 Å². The number of oxazole rings is 1. The molecular formula is C16H14N2O4. The summed E-state index contributed by atoms with van der Waals surface area (Å²) in [6.45, 7) is 0.355. The SMILES string of the molecule is COc1ccc(C(=O)NCc2ccc3oc(=O)[nH]c3c2)cc1. The molecule has 0 unspecified atom stereocenters. The van der Waals surface area contributed by atoms with Gasteiger partial charge in [-0.05, 0) is 42.0 Å². The fourth-order valence-electron chi connectivity index (χ4n) is 2.14. The van der Waals surface area contributed by atoms with Gasteiger partial charge in [0.2, 0.25) is 0 Å². The van der Waals surface area contributed by atoms with Crippen molar-refractivity contribution < 1.29 is 13.9 Å². The molecule has 3 aromatic rings. The van der Waals surface area contributed by atoms with Crippen molar-refractivity contribution in [1.82, 2.24) is 10.3 Å². The first-order valence-electron chi connectivity index (χ1n) is 6.70. The minimum atomic E-state index is -0.491.